The topological polar surface area (TPSA) is 135 Å². The van der Waals surface area contributed by atoms with E-state index in [1.807, 2.05) is 0 Å². The minimum atomic E-state index is -1.54. The zero-order chi connectivity index (χ0) is 45.0. The van der Waals surface area contributed by atoms with E-state index in [0.717, 1.165) is 57.8 Å². The van der Waals surface area contributed by atoms with E-state index in [9.17, 15) is 25.2 Å². The molecule has 1 aliphatic rings. The third kappa shape index (κ3) is 34.3. The van der Waals surface area contributed by atoms with Crippen molar-refractivity contribution in [3.05, 3.63) is 60.8 Å². The smallest absolute Gasteiger partial charge is 0.306 e. The number of hydrogen-bond donors (Lipinski definition) is 4. The molecule has 9 heteroatoms. The second-order valence-corrected chi connectivity index (χ2v) is 17.2. The zero-order valence-electron chi connectivity index (χ0n) is 39.6. The summed E-state index contributed by atoms with van der Waals surface area (Å²) in [6, 6.07) is 0. The molecule has 360 valence electrons. The number of carbonyl (C=O) groups is 1. The van der Waals surface area contributed by atoms with Crippen molar-refractivity contribution < 1.29 is 44.2 Å². The van der Waals surface area contributed by atoms with Crippen LogP contribution in [0.1, 0.15) is 206 Å². The van der Waals surface area contributed by atoms with E-state index in [1.165, 1.54) is 122 Å². The number of rotatable bonds is 43. The molecule has 0 aliphatic carbocycles. The average Bonchev–Trinajstić information content (AvgIpc) is 3.27. The summed E-state index contributed by atoms with van der Waals surface area (Å²) in [6.07, 6.45) is 49.8. The fourth-order valence-electron chi connectivity index (χ4n) is 7.48. The zero-order valence-corrected chi connectivity index (χ0v) is 39.6. The van der Waals surface area contributed by atoms with Crippen molar-refractivity contribution in [3.63, 3.8) is 0 Å². The molecule has 1 fully saturated rings. The van der Waals surface area contributed by atoms with Gasteiger partial charge in [-0.05, 0) is 77.0 Å². The first-order chi connectivity index (χ1) is 30.4. The van der Waals surface area contributed by atoms with Crippen LogP contribution in [0.2, 0.25) is 0 Å². The molecule has 0 aromatic heterocycles. The van der Waals surface area contributed by atoms with Gasteiger partial charge in [-0.15, -0.1) is 0 Å². The maximum atomic E-state index is 12.8. The van der Waals surface area contributed by atoms with Crippen LogP contribution in [0, 0.1) is 0 Å². The molecular formula is C53H94O9. The Balaban J connectivity index is 2.16. The first kappa shape index (κ1) is 57.9. The minimum absolute atomic E-state index is 0.127. The summed E-state index contributed by atoms with van der Waals surface area (Å²) in [5.74, 6) is -0.342. The van der Waals surface area contributed by atoms with Crippen LogP contribution < -0.4 is 0 Å². The summed E-state index contributed by atoms with van der Waals surface area (Å²) in [6.45, 7) is 4.40. The fraction of sp³-hybridized carbons (Fsp3) is 0.792. The molecule has 0 spiro atoms. The third-order valence-electron chi connectivity index (χ3n) is 11.4. The Bertz CT molecular complexity index is 1130. The lowest BCUT2D eigenvalue weighted by Gasteiger charge is -2.39. The number of carbonyl (C=O) groups excluding carboxylic acids is 1. The molecule has 0 saturated carbocycles. The molecule has 6 atom stereocenters. The number of allylic oxidation sites excluding steroid dienone is 10. The van der Waals surface area contributed by atoms with Gasteiger partial charge in [0.05, 0.1) is 19.8 Å². The minimum Gasteiger partial charge on any atom is -0.457 e. The second kappa shape index (κ2) is 44.1. The molecule has 62 heavy (non-hydrogen) atoms. The van der Waals surface area contributed by atoms with Gasteiger partial charge in [0, 0.05) is 13.0 Å². The number of ether oxygens (including phenoxy) is 4. The van der Waals surface area contributed by atoms with Gasteiger partial charge in [-0.1, -0.05) is 184 Å². The Kier molecular flexibility index (Phi) is 41.2. The first-order valence-corrected chi connectivity index (χ1v) is 25.4. The van der Waals surface area contributed by atoms with Crippen molar-refractivity contribution in [2.75, 3.05) is 26.4 Å². The van der Waals surface area contributed by atoms with Gasteiger partial charge in [0.1, 0.15) is 30.5 Å². The SMILES string of the molecule is CC/C=C\C/C=C\C/C=C\CCCCCC(=O)OC(COCCCCCCCCCCCCCCCC/C=C\C/C=C\CCCCCCC)COC1OC(CO)C(O)C(O)C1O. The largest absolute Gasteiger partial charge is 0.457 e. The Morgan fingerprint density at radius 2 is 0.984 bits per heavy atom. The summed E-state index contributed by atoms with van der Waals surface area (Å²) in [4.78, 5) is 12.8. The van der Waals surface area contributed by atoms with Crippen molar-refractivity contribution in [1.82, 2.24) is 0 Å². The van der Waals surface area contributed by atoms with Gasteiger partial charge in [-0.25, -0.2) is 0 Å². The van der Waals surface area contributed by atoms with Crippen LogP contribution in [0.15, 0.2) is 60.8 Å². The van der Waals surface area contributed by atoms with Crippen molar-refractivity contribution in [2.45, 2.75) is 243 Å². The van der Waals surface area contributed by atoms with Crippen LogP contribution in [-0.2, 0) is 23.7 Å². The molecule has 1 aliphatic heterocycles. The van der Waals surface area contributed by atoms with Crippen molar-refractivity contribution in [3.8, 4) is 0 Å². The van der Waals surface area contributed by atoms with Crippen molar-refractivity contribution >= 4 is 5.97 Å². The molecule has 0 bridgehead atoms. The highest BCUT2D eigenvalue weighted by Crippen LogP contribution is 2.23. The van der Waals surface area contributed by atoms with E-state index >= 15 is 0 Å². The average molecular weight is 875 g/mol. The van der Waals surface area contributed by atoms with E-state index in [0.29, 0.717) is 13.0 Å². The van der Waals surface area contributed by atoms with E-state index in [1.54, 1.807) is 0 Å². The highest BCUT2D eigenvalue weighted by atomic mass is 16.7. The molecule has 0 radical (unpaired) electrons. The van der Waals surface area contributed by atoms with E-state index in [4.69, 9.17) is 18.9 Å². The van der Waals surface area contributed by atoms with E-state index in [2.05, 4.69) is 74.6 Å². The van der Waals surface area contributed by atoms with Crippen LogP contribution in [0.25, 0.3) is 0 Å². The van der Waals surface area contributed by atoms with Crippen LogP contribution in [0.3, 0.4) is 0 Å². The number of aliphatic hydroxyl groups excluding tert-OH is 4. The maximum Gasteiger partial charge on any atom is 0.306 e. The van der Waals surface area contributed by atoms with E-state index < -0.39 is 43.4 Å². The van der Waals surface area contributed by atoms with Gasteiger partial charge in [-0.2, -0.15) is 0 Å². The molecule has 4 N–H and O–H groups in total. The molecule has 6 unspecified atom stereocenters. The van der Waals surface area contributed by atoms with E-state index in [-0.39, 0.29) is 25.6 Å². The molecule has 9 nitrogen and oxygen atoms in total. The Labute approximate surface area is 379 Å². The quantitative estimate of drug-likeness (QED) is 0.0268. The van der Waals surface area contributed by atoms with Gasteiger partial charge in [0.2, 0.25) is 0 Å². The highest BCUT2D eigenvalue weighted by molar-refractivity contribution is 5.69. The molecule has 1 saturated heterocycles. The summed E-state index contributed by atoms with van der Waals surface area (Å²) in [5, 5.41) is 40.2. The van der Waals surface area contributed by atoms with Gasteiger partial charge in [0.25, 0.3) is 0 Å². The lowest BCUT2D eigenvalue weighted by atomic mass is 9.99. The molecule has 1 rings (SSSR count). The predicted octanol–water partition coefficient (Wildman–Crippen LogP) is 12.3. The van der Waals surface area contributed by atoms with Gasteiger partial charge < -0.3 is 39.4 Å². The molecule has 0 aromatic rings. The number of esters is 1. The van der Waals surface area contributed by atoms with Crippen LogP contribution in [0.5, 0.6) is 0 Å². The van der Waals surface area contributed by atoms with Crippen LogP contribution in [-0.4, -0.2) is 89.6 Å². The van der Waals surface area contributed by atoms with Crippen molar-refractivity contribution in [2.24, 2.45) is 0 Å². The normalized spacial score (nSPS) is 20.3. The third-order valence-corrected chi connectivity index (χ3v) is 11.4. The summed E-state index contributed by atoms with van der Waals surface area (Å²) in [5.41, 5.74) is 0. The molecule has 0 amide bonds. The Morgan fingerprint density at radius 3 is 1.48 bits per heavy atom. The number of hydrogen-bond acceptors (Lipinski definition) is 9. The van der Waals surface area contributed by atoms with Gasteiger partial charge in [-0.3, -0.25) is 4.79 Å². The standard InChI is InChI=1S/C53H94O9/c1-3-5-7-9-11-13-15-17-18-19-20-21-22-23-24-25-26-27-28-29-31-33-35-37-39-41-43-59-45-47(46-60-53-52(58)51(57)50(56)48(44-54)62-53)61-49(55)42-40-38-36-34-32-30-16-14-12-10-8-6-4-2/h6,8,12,14-15,17,19-20,30,32,47-48,50-54,56-58H,3-5,7,9-11,13,16,18,21-29,31,33-46H2,1-2H3/b8-6-,14-12-,17-15-,20-19-,32-30-. The maximum absolute atomic E-state index is 12.8. The van der Waals surface area contributed by atoms with Crippen molar-refractivity contribution in [1.29, 1.82) is 0 Å². The summed E-state index contributed by atoms with van der Waals surface area (Å²) < 4.78 is 22.8. The van der Waals surface area contributed by atoms with Crippen LogP contribution >= 0.6 is 0 Å². The lowest BCUT2D eigenvalue weighted by molar-refractivity contribution is -0.305. The second-order valence-electron chi connectivity index (χ2n) is 17.2. The highest BCUT2D eigenvalue weighted by Gasteiger charge is 2.44. The van der Waals surface area contributed by atoms with Crippen LogP contribution in [0.4, 0.5) is 0 Å². The lowest BCUT2D eigenvalue weighted by Crippen LogP contribution is -2.59. The Hall–Kier alpha value is -2.11. The molecule has 1 heterocycles. The van der Waals surface area contributed by atoms with Gasteiger partial charge in [0.15, 0.2) is 6.29 Å². The molecule has 0 aromatic carbocycles. The monoisotopic (exact) mass is 875 g/mol. The molecular weight excluding hydrogens is 781 g/mol. The number of aliphatic hydroxyl groups is 4. The summed E-state index contributed by atoms with van der Waals surface area (Å²) >= 11 is 0. The predicted molar refractivity (Wildman–Crippen MR) is 256 cm³/mol. The Morgan fingerprint density at radius 1 is 0.532 bits per heavy atom. The number of unbranched alkanes of at least 4 members (excludes halogenated alkanes) is 22. The fourth-order valence-corrected chi connectivity index (χ4v) is 7.48. The summed E-state index contributed by atoms with van der Waals surface area (Å²) in [7, 11) is 0. The van der Waals surface area contributed by atoms with Gasteiger partial charge >= 0.3 is 5.97 Å². The first-order valence-electron chi connectivity index (χ1n) is 25.4.